The van der Waals surface area contributed by atoms with Crippen LogP contribution in [-0.2, 0) is 11.2 Å². The highest BCUT2D eigenvalue weighted by molar-refractivity contribution is 7.15. The van der Waals surface area contributed by atoms with Crippen molar-refractivity contribution in [3.8, 4) is 5.75 Å². The van der Waals surface area contributed by atoms with Crippen LogP contribution in [0.3, 0.4) is 0 Å². The average molecular weight is 433 g/mol. The Morgan fingerprint density at radius 3 is 2.71 bits per heavy atom. The van der Waals surface area contributed by atoms with Crippen LogP contribution in [0.15, 0.2) is 77.0 Å². The van der Waals surface area contributed by atoms with Crippen molar-refractivity contribution in [2.24, 2.45) is 5.92 Å². The van der Waals surface area contributed by atoms with Gasteiger partial charge in [0.1, 0.15) is 11.7 Å². The summed E-state index contributed by atoms with van der Waals surface area (Å²) in [5.74, 6) is -1.28. The molecule has 31 heavy (non-hydrogen) atoms. The lowest BCUT2D eigenvalue weighted by molar-refractivity contribution is -0.118. The molecular formula is C23H19N3O4S. The second-order valence-corrected chi connectivity index (χ2v) is 7.72. The van der Waals surface area contributed by atoms with Gasteiger partial charge in [-0.3, -0.25) is 18.8 Å². The van der Waals surface area contributed by atoms with E-state index in [4.69, 9.17) is 4.74 Å². The van der Waals surface area contributed by atoms with Crippen molar-refractivity contribution in [1.82, 2.24) is 9.38 Å². The van der Waals surface area contributed by atoms with Crippen molar-refractivity contribution < 1.29 is 14.3 Å². The van der Waals surface area contributed by atoms with Gasteiger partial charge in [-0.15, -0.1) is 11.3 Å². The molecule has 4 aromatic rings. The summed E-state index contributed by atoms with van der Waals surface area (Å²) in [6.45, 7) is 0. The van der Waals surface area contributed by atoms with Crippen LogP contribution in [0.5, 0.6) is 5.75 Å². The number of hydrogen-bond donors (Lipinski definition) is 1. The number of aromatic nitrogens is 2. The molecule has 8 heteroatoms. The molecule has 4 rings (SSSR count). The van der Waals surface area contributed by atoms with Crippen LogP contribution in [0.2, 0.25) is 0 Å². The summed E-state index contributed by atoms with van der Waals surface area (Å²) in [5, 5.41) is 4.55. The van der Waals surface area contributed by atoms with E-state index in [1.807, 2.05) is 0 Å². The Kier molecular flexibility index (Phi) is 5.90. The van der Waals surface area contributed by atoms with Crippen LogP contribution in [0, 0.1) is 5.92 Å². The van der Waals surface area contributed by atoms with Crippen molar-refractivity contribution in [2.45, 2.75) is 6.42 Å². The number of amides is 1. The molecule has 1 unspecified atom stereocenters. The van der Waals surface area contributed by atoms with E-state index in [9.17, 15) is 14.4 Å². The highest BCUT2D eigenvalue weighted by Gasteiger charge is 2.29. The number of ether oxygens (including phenoxy) is 1. The zero-order valence-electron chi connectivity index (χ0n) is 16.6. The van der Waals surface area contributed by atoms with E-state index in [0.717, 1.165) is 0 Å². The summed E-state index contributed by atoms with van der Waals surface area (Å²) in [6, 6.07) is 16.9. The summed E-state index contributed by atoms with van der Waals surface area (Å²) in [5.41, 5.74) is 1.07. The molecule has 1 amide bonds. The first-order valence-electron chi connectivity index (χ1n) is 9.55. The Bertz CT molecular complexity index is 1300. The van der Waals surface area contributed by atoms with Crippen molar-refractivity contribution in [3.05, 3.63) is 93.9 Å². The molecule has 0 spiro atoms. The van der Waals surface area contributed by atoms with Gasteiger partial charge < -0.3 is 10.1 Å². The molecule has 2 aromatic carbocycles. The van der Waals surface area contributed by atoms with Crippen molar-refractivity contribution in [2.75, 3.05) is 12.4 Å². The lowest BCUT2D eigenvalue weighted by Gasteiger charge is -2.16. The van der Waals surface area contributed by atoms with Crippen molar-refractivity contribution >= 4 is 33.7 Å². The standard InChI is InChI=1S/C23H19N3O4S/c1-30-18-9-5-8-16(12-18)24-22(29)19(21(28)15-6-3-2-4-7-15)13-17-14-20(27)26-10-11-31-23(26)25-17/h2-12,14,19H,13H2,1H3,(H,24,29). The van der Waals surface area contributed by atoms with E-state index >= 15 is 0 Å². The Hall–Kier alpha value is -3.78. The maximum Gasteiger partial charge on any atom is 0.258 e. The first-order chi connectivity index (χ1) is 15.0. The molecule has 7 nitrogen and oxygen atoms in total. The molecule has 0 saturated carbocycles. The van der Waals surface area contributed by atoms with E-state index in [1.54, 1.807) is 66.2 Å². The normalized spacial score (nSPS) is 11.8. The van der Waals surface area contributed by atoms with Crippen molar-refractivity contribution in [1.29, 1.82) is 0 Å². The monoisotopic (exact) mass is 433 g/mol. The predicted molar refractivity (Wildman–Crippen MR) is 119 cm³/mol. The topological polar surface area (TPSA) is 89.8 Å². The molecule has 0 radical (unpaired) electrons. The highest BCUT2D eigenvalue weighted by Crippen LogP contribution is 2.20. The molecule has 2 aromatic heterocycles. The van der Waals surface area contributed by atoms with E-state index < -0.39 is 11.8 Å². The number of methoxy groups -OCH3 is 1. The number of ketones is 1. The molecule has 0 aliphatic carbocycles. The van der Waals surface area contributed by atoms with Gasteiger partial charge in [0.25, 0.3) is 5.56 Å². The first-order valence-corrected chi connectivity index (χ1v) is 10.4. The minimum Gasteiger partial charge on any atom is -0.497 e. The fourth-order valence-corrected chi connectivity index (χ4v) is 3.98. The van der Waals surface area contributed by atoms with Crippen LogP contribution in [0.1, 0.15) is 16.1 Å². The number of fused-ring (bicyclic) bond motifs is 1. The number of carbonyl (C=O) groups excluding carboxylic acids is 2. The Labute approximate surface area is 182 Å². The number of rotatable bonds is 7. The molecule has 0 fully saturated rings. The number of anilines is 1. The molecular weight excluding hydrogens is 414 g/mol. The zero-order chi connectivity index (χ0) is 21.8. The van der Waals surface area contributed by atoms with Crippen molar-refractivity contribution in [3.63, 3.8) is 0 Å². The fourth-order valence-electron chi connectivity index (χ4n) is 3.24. The molecule has 1 N–H and O–H groups in total. The molecule has 0 bridgehead atoms. The number of nitrogens with one attached hydrogen (secondary N) is 1. The summed E-state index contributed by atoms with van der Waals surface area (Å²) >= 11 is 1.32. The van der Waals surface area contributed by atoms with E-state index in [0.29, 0.717) is 27.7 Å². The molecule has 1 atom stereocenters. The SMILES string of the molecule is COc1cccc(NC(=O)C(Cc2cc(=O)n3ccsc3n2)C(=O)c2ccccc2)c1. The van der Waals surface area contributed by atoms with Gasteiger partial charge in [-0.05, 0) is 12.1 Å². The summed E-state index contributed by atoms with van der Waals surface area (Å²) in [6.07, 6.45) is 1.65. The lowest BCUT2D eigenvalue weighted by atomic mass is 9.92. The van der Waals surface area contributed by atoms with Gasteiger partial charge in [0.2, 0.25) is 5.91 Å². The molecule has 0 aliphatic rings. The quantitative estimate of drug-likeness (QED) is 0.356. The lowest BCUT2D eigenvalue weighted by Crippen LogP contribution is -2.32. The molecule has 156 valence electrons. The number of benzene rings is 2. The second-order valence-electron chi connectivity index (χ2n) is 6.85. The van der Waals surface area contributed by atoms with Crippen LogP contribution in [0.4, 0.5) is 5.69 Å². The maximum absolute atomic E-state index is 13.2. The van der Waals surface area contributed by atoms with Gasteiger partial charge in [-0.1, -0.05) is 36.4 Å². The number of thiazole rings is 1. The minimum absolute atomic E-state index is 0.00711. The second kappa shape index (κ2) is 8.93. The third kappa shape index (κ3) is 4.54. The number of hydrogen-bond acceptors (Lipinski definition) is 6. The molecule has 0 aliphatic heterocycles. The van der Waals surface area contributed by atoms with Gasteiger partial charge >= 0.3 is 0 Å². The van der Waals surface area contributed by atoms with Gasteiger partial charge in [0.15, 0.2) is 10.7 Å². The highest BCUT2D eigenvalue weighted by atomic mass is 32.1. The van der Waals surface area contributed by atoms with Crippen LogP contribution in [-0.4, -0.2) is 28.2 Å². The van der Waals surface area contributed by atoms with Gasteiger partial charge in [-0.25, -0.2) is 4.98 Å². The smallest absolute Gasteiger partial charge is 0.258 e. The Morgan fingerprint density at radius 1 is 1.13 bits per heavy atom. The van der Waals surface area contributed by atoms with Gasteiger partial charge in [0, 0.05) is 41.4 Å². The third-order valence-electron chi connectivity index (χ3n) is 4.80. The molecule has 2 heterocycles. The number of nitrogens with zero attached hydrogens (tertiary/aromatic N) is 2. The summed E-state index contributed by atoms with van der Waals surface area (Å²) < 4.78 is 6.62. The number of Topliss-reactive ketones (excluding diaryl/α,β-unsaturated/α-hetero) is 1. The Balaban J connectivity index is 1.67. The third-order valence-corrected chi connectivity index (χ3v) is 5.55. The van der Waals surface area contributed by atoms with Crippen LogP contribution < -0.4 is 15.6 Å². The largest absolute Gasteiger partial charge is 0.497 e. The van der Waals surface area contributed by atoms with Gasteiger partial charge in [-0.2, -0.15) is 0 Å². The van der Waals surface area contributed by atoms with Crippen LogP contribution in [0.25, 0.3) is 4.96 Å². The minimum atomic E-state index is -1.05. The number of carbonyl (C=O) groups is 2. The summed E-state index contributed by atoms with van der Waals surface area (Å²) in [4.78, 5) is 43.7. The average Bonchev–Trinajstić information content (AvgIpc) is 3.27. The van der Waals surface area contributed by atoms with Crippen LogP contribution >= 0.6 is 11.3 Å². The Morgan fingerprint density at radius 2 is 1.94 bits per heavy atom. The molecule has 0 saturated heterocycles. The van der Waals surface area contributed by atoms with Gasteiger partial charge in [0.05, 0.1) is 12.8 Å². The van der Waals surface area contributed by atoms with E-state index in [2.05, 4.69) is 10.3 Å². The zero-order valence-corrected chi connectivity index (χ0v) is 17.5. The fraction of sp³-hybridized carbons (Fsp3) is 0.130. The first kappa shape index (κ1) is 20.5. The maximum atomic E-state index is 13.2. The summed E-state index contributed by atoms with van der Waals surface area (Å²) in [7, 11) is 1.54. The van der Waals surface area contributed by atoms with E-state index in [1.165, 1.54) is 28.9 Å². The predicted octanol–water partition coefficient (Wildman–Crippen LogP) is 3.44. The van der Waals surface area contributed by atoms with E-state index in [-0.39, 0.29) is 17.8 Å².